The van der Waals surface area contributed by atoms with Gasteiger partial charge in [0.05, 0.1) is 5.69 Å². The Bertz CT molecular complexity index is 677. The second-order valence-corrected chi connectivity index (χ2v) is 5.92. The van der Waals surface area contributed by atoms with E-state index in [1.54, 1.807) is 11.1 Å². The van der Waals surface area contributed by atoms with E-state index >= 15 is 0 Å². The topological polar surface area (TPSA) is 66.3 Å². The van der Waals surface area contributed by atoms with Crippen LogP contribution < -0.4 is 4.90 Å². The molecule has 1 aromatic carbocycles. The summed E-state index contributed by atoms with van der Waals surface area (Å²) in [6.45, 7) is 0.477. The lowest BCUT2D eigenvalue weighted by molar-refractivity contribution is -0.117. The van der Waals surface area contributed by atoms with Crippen LogP contribution in [-0.2, 0) is 4.79 Å². The van der Waals surface area contributed by atoms with Crippen LogP contribution in [0.25, 0.3) is 11.3 Å². The number of nitrogens with zero attached hydrogens (tertiary/aromatic N) is 3. The molecule has 1 aliphatic heterocycles. The molecule has 1 fully saturated rings. The van der Waals surface area contributed by atoms with E-state index in [9.17, 15) is 9.90 Å². The van der Waals surface area contributed by atoms with Crippen molar-refractivity contribution in [2.24, 2.45) is 5.92 Å². The van der Waals surface area contributed by atoms with Crippen LogP contribution >= 0.6 is 15.9 Å². The second-order valence-electron chi connectivity index (χ2n) is 5.01. The molecule has 3 rings (SSSR count). The van der Waals surface area contributed by atoms with Crippen LogP contribution in [0.4, 0.5) is 5.95 Å². The van der Waals surface area contributed by atoms with Gasteiger partial charge < -0.3 is 5.11 Å². The van der Waals surface area contributed by atoms with Crippen LogP contribution in [0.2, 0.25) is 0 Å². The van der Waals surface area contributed by atoms with Crippen molar-refractivity contribution in [1.29, 1.82) is 0 Å². The van der Waals surface area contributed by atoms with Crippen LogP contribution in [0.3, 0.4) is 0 Å². The first-order chi connectivity index (χ1) is 10.2. The lowest BCUT2D eigenvalue weighted by Gasteiger charge is -2.14. The summed E-state index contributed by atoms with van der Waals surface area (Å²) in [7, 11) is 0. The van der Waals surface area contributed by atoms with E-state index in [1.807, 2.05) is 30.3 Å². The maximum Gasteiger partial charge on any atom is 0.232 e. The van der Waals surface area contributed by atoms with Crippen molar-refractivity contribution in [3.05, 3.63) is 41.0 Å². The number of aliphatic hydroxyl groups is 1. The maximum absolute atomic E-state index is 12.0. The van der Waals surface area contributed by atoms with Gasteiger partial charge in [-0.2, -0.15) is 0 Å². The Morgan fingerprint density at radius 1 is 1.38 bits per heavy atom. The number of benzene rings is 1. The number of amides is 1. The number of anilines is 1. The summed E-state index contributed by atoms with van der Waals surface area (Å²) in [5, 5.41) is 9.19. The molecule has 6 heteroatoms. The van der Waals surface area contributed by atoms with Crippen LogP contribution in [0.5, 0.6) is 0 Å². The van der Waals surface area contributed by atoms with E-state index in [4.69, 9.17) is 0 Å². The molecular weight excluding hydrogens is 334 g/mol. The third-order valence-electron chi connectivity index (χ3n) is 3.47. The summed E-state index contributed by atoms with van der Waals surface area (Å²) in [5.41, 5.74) is 1.72. The van der Waals surface area contributed by atoms with Gasteiger partial charge in [0.25, 0.3) is 0 Å². The average molecular weight is 348 g/mol. The molecule has 0 bridgehead atoms. The maximum atomic E-state index is 12.0. The molecule has 1 aliphatic rings. The molecule has 5 nitrogen and oxygen atoms in total. The third kappa shape index (κ3) is 2.96. The van der Waals surface area contributed by atoms with E-state index in [-0.39, 0.29) is 18.4 Å². The fourth-order valence-electron chi connectivity index (χ4n) is 2.38. The molecule has 1 amide bonds. The van der Waals surface area contributed by atoms with Gasteiger partial charge in [0.15, 0.2) is 0 Å². The molecule has 1 N–H and O–H groups in total. The largest absolute Gasteiger partial charge is 0.396 e. The smallest absolute Gasteiger partial charge is 0.232 e. The van der Waals surface area contributed by atoms with Crippen LogP contribution in [0.15, 0.2) is 41.0 Å². The van der Waals surface area contributed by atoms with E-state index < -0.39 is 0 Å². The quantitative estimate of drug-likeness (QED) is 0.924. The highest BCUT2D eigenvalue weighted by atomic mass is 79.9. The van der Waals surface area contributed by atoms with Crippen molar-refractivity contribution < 1.29 is 9.90 Å². The molecule has 108 valence electrons. The fraction of sp³-hybridized carbons (Fsp3) is 0.267. The molecule has 1 saturated heterocycles. The molecule has 0 aliphatic carbocycles. The van der Waals surface area contributed by atoms with Gasteiger partial charge in [0.1, 0.15) is 0 Å². The van der Waals surface area contributed by atoms with Gasteiger partial charge in [0, 0.05) is 41.7 Å². The standard InChI is InChI=1S/C15H14BrN3O2/c16-12-3-1-2-11(7-12)13-4-5-17-15(18-13)19-8-10(9-20)6-14(19)21/h1-5,7,10,20H,6,8-9H2. The normalized spacial score (nSPS) is 18.3. The van der Waals surface area contributed by atoms with Crippen molar-refractivity contribution in [3.8, 4) is 11.3 Å². The number of halogens is 1. The fourth-order valence-corrected chi connectivity index (χ4v) is 2.78. The lowest BCUT2D eigenvalue weighted by atomic mass is 10.1. The van der Waals surface area contributed by atoms with Crippen molar-refractivity contribution in [2.75, 3.05) is 18.1 Å². The average Bonchev–Trinajstić information content (AvgIpc) is 2.89. The number of aliphatic hydroxyl groups excluding tert-OH is 1. The Balaban J connectivity index is 1.92. The first-order valence-corrected chi connectivity index (χ1v) is 7.47. The van der Waals surface area contributed by atoms with Gasteiger partial charge in [-0.1, -0.05) is 28.1 Å². The van der Waals surface area contributed by atoms with Crippen molar-refractivity contribution in [1.82, 2.24) is 9.97 Å². The Morgan fingerprint density at radius 3 is 2.95 bits per heavy atom. The van der Waals surface area contributed by atoms with Gasteiger partial charge in [-0.25, -0.2) is 9.97 Å². The minimum atomic E-state index is -0.0413. The molecule has 2 aromatic rings. The number of rotatable bonds is 3. The molecule has 21 heavy (non-hydrogen) atoms. The minimum absolute atomic E-state index is 0.00750. The van der Waals surface area contributed by atoms with Crippen molar-refractivity contribution in [3.63, 3.8) is 0 Å². The first kappa shape index (κ1) is 14.2. The zero-order valence-corrected chi connectivity index (χ0v) is 12.8. The van der Waals surface area contributed by atoms with Crippen LogP contribution in [0, 0.1) is 5.92 Å². The summed E-state index contributed by atoms with van der Waals surface area (Å²) in [5.74, 6) is 0.324. The van der Waals surface area contributed by atoms with Gasteiger partial charge >= 0.3 is 0 Å². The van der Waals surface area contributed by atoms with E-state index in [1.165, 1.54) is 0 Å². The Labute approximate surface area is 130 Å². The highest BCUT2D eigenvalue weighted by Gasteiger charge is 2.31. The van der Waals surface area contributed by atoms with Crippen molar-refractivity contribution >= 4 is 27.8 Å². The zero-order valence-electron chi connectivity index (χ0n) is 11.2. The summed E-state index contributed by atoms with van der Waals surface area (Å²) < 4.78 is 0.970. The summed E-state index contributed by atoms with van der Waals surface area (Å²) in [6.07, 6.45) is 2.00. The van der Waals surface area contributed by atoms with Crippen LogP contribution in [0.1, 0.15) is 6.42 Å². The second kappa shape index (κ2) is 5.91. The molecule has 0 radical (unpaired) electrons. The predicted octanol–water partition coefficient (Wildman–Crippen LogP) is 2.25. The van der Waals surface area contributed by atoms with E-state index in [2.05, 4.69) is 25.9 Å². The van der Waals surface area contributed by atoms with Crippen LogP contribution in [-0.4, -0.2) is 34.1 Å². The molecule has 1 atom stereocenters. The SMILES string of the molecule is O=C1CC(CO)CN1c1nccc(-c2cccc(Br)c2)n1. The monoisotopic (exact) mass is 347 g/mol. The van der Waals surface area contributed by atoms with Gasteiger partial charge in [-0.3, -0.25) is 9.69 Å². The number of hydrogen-bond donors (Lipinski definition) is 1. The van der Waals surface area contributed by atoms with Gasteiger partial charge in [0.2, 0.25) is 11.9 Å². The molecule has 1 aromatic heterocycles. The Hall–Kier alpha value is -1.79. The van der Waals surface area contributed by atoms with E-state index in [0.29, 0.717) is 18.9 Å². The van der Waals surface area contributed by atoms with E-state index in [0.717, 1.165) is 15.7 Å². The number of aromatic nitrogens is 2. The number of carbonyl (C=O) groups excluding carboxylic acids is 1. The predicted molar refractivity (Wildman–Crippen MR) is 82.7 cm³/mol. The summed E-state index contributed by atoms with van der Waals surface area (Å²) >= 11 is 3.44. The number of hydrogen-bond acceptors (Lipinski definition) is 4. The minimum Gasteiger partial charge on any atom is -0.396 e. The highest BCUT2D eigenvalue weighted by Crippen LogP contribution is 2.25. The van der Waals surface area contributed by atoms with Gasteiger partial charge in [-0.05, 0) is 18.2 Å². The van der Waals surface area contributed by atoms with Crippen molar-refractivity contribution in [2.45, 2.75) is 6.42 Å². The molecule has 0 saturated carbocycles. The molecule has 0 spiro atoms. The zero-order chi connectivity index (χ0) is 14.8. The Morgan fingerprint density at radius 2 is 2.24 bits per heavy atom. The van der Waals surface area contributed by atoms with Gasteiger partial charge in [-0.15, -0.1) is 0 Å². The molecule has 1 unspecified atom stereocenters. The third-order valence-corrected chi connectivity index (χ3v) is 3.96. The number of carbonyl (C=O) groups is 1. The molecular formula is C15H14BrN3O2. The highest BCUT2D eigenvalue weighted by molar-refractivity contribution is 9.10. The lowest BCUT2D eigenvalue weighted by Crippen LogP contribution is -2.27. The Kier molecular flexibility index (Phi) is 3.98. The molecule has 2 heterocycles. The first-order valence-electron chi connectivity index (χ1n) is 6.67. The summed E-state index contributed by atoms with van der Waals surface area (Å²) in [6, 6.07) is 9.62. The summed E-state index contributed by atoms with van der Waals surface area (Å²) in [4.78, 5) is 22.2.